The molecule has 0 bridgehead atoms. The Bertz CT molecular complexity index is 558. The van der Waals surface area contributed by atoms with E-state index in [0.29, 0.717) is 0 Å². The molecule has 2 unspecified atom stereocenters. The second kappa shape index (κ2) is 6.33. The number of ether oxygens (including phenoxy) is 1. The molecule has 1 aromatic heterocycles. The third kappa shape index (κ3) is 2.69. The van der Waals surface area contributed by atoms with E-state index < -0.39 is 0 Å². The zero-order valence-corrected chi connectivity index (χ0v) is 12.0. The fraction of sp³-hybridized carbons (Fsp3) is 0.471. The third-order valence-electron chi connectivity index (χ3n) is 4.06. The Kier molecular flexibility index (Phi) is 4.28. The van der Waals surface area contributed by atoms with Gasteiger partial charge in [-0.05, 0) is 42.8 Å². The standard InChI is InChI=1S/C17H22N2O/c1-2-19-17(16-8-3-4-11-20-16)14-7-5-6-13-9-10-18-12-15(13)14/h5-7,9-10,12,16-17,19H,2-4,8,11H2,1H3. The first-order valence-corrected chi connectivity index (χ1v) is 7.58. The number of nitrogens with zero attached hydrogens (tertiary/aromatic N) is 1. The fourth-order valence-electron chi connectivity index (χ4n) is 3.10. The van der Waals surface area contributed by atoms with E-state index in [0.717, 1.165) is 19.6 Å². The smallest absolute Gasteiger partial charge is 0.0769 e. The van der Waals surface area contributed by atoms with Crippen molar-refractivity contribution in [2.75, 3.05) is 13.2 Å². The summed E-state index contributed by atoms with van der Waals surface area (Å²) in [5.74, 6) is 0. The highest BCUT2D eigenvalue weighted by molar-refractivity contribution is 5.85. The number of aromatic nitrogens is 1. The van der Waals surface area contributed by atoms with Crippen LogP contribution in [-0.4, -0.2) is 24.2 Å². The molecular formula is C17H22N2O. The van der Waals surface area contributed by atoms with Gasteiger partial charge in [0.2, 0.25) is 0 Å². The second-order valence-corrected chi connectivity index (χ2v) is 5.38. The van der Waals surface area contributed by atoms with Gasteiger partial charge in [0.25, 0.3) is 0 Å². The van der Waals surface area contributed by atoms with Crippen molar-refractivity contribution in [3.8, 4) is 0 Å². The first kappa shape index (κ1) is 13.5. The normalized spacial score (nSPS) is 20.9. The zero-order chi connectivity index (χ0) is 13.8. The number of likely N-dealkylation sites (N-methyl/N-ethyl adjacent to an activating group) is 1. The molecule has 2 atom stereocenters. The van der Waals surface area contributed by atoms with E-state index in [-0.39, 0.29) is 12.1 Å². The van der Waals surface area contributed by atoms with Crippen LogP contribution in [0.4, 0.5) is 0 Å². The molecule has 0 amide bonds. The molecule has 1 aliphatic rings. The molecule has 2 heterocycles. The Hall–Kier alpha value is -1.45. The Labute approximate surface area is 120 Å². The lowest BCUT2D eigenvalue weighted by molar-refractivity contribution is -0.00756. The minimum Gasteiger partial charge on any atom is -0.376 e. The van der Waals surface area contributed by atoms with Gasteiger partial charge in [0.15, 0.2) is 0 Å². The minimum atomic E-state index is 0.258. The predicted molar refractivity (Wildman–Crippen MR) is 81.8 cm³/mol. The lowest BCUT2D eigenvalue weighted by Crippen LogP contribution is -2.36. The highest BCUT2D eigenvalue weighted by Gasteiger charge is 2.26. The summed E-state index contributed by atoms with van der Waals surface area (Å²) >= 11 is 0. The number of rotatable bonds is 4. The van der Waals surface area contributed by atoms with Crippen LogP contribution in [-0.2, 0) is 4.74 Å². The molecule has 3 rings (SSSR count). The summed E-state index contributed by atoms with van der Waals surface area (Å²) in [6.07, 6.45) is 7.68. The third-order valence-corrected chi connectivity index (χ3v) is 4.06. The SMILES string of the molecule is CCNC(c1cccc2ccncc12)C1CCCCO1. The monoisotopic (exact) mass is 270 g/mol. The van der Waals surface area contributed by atoms with Crippen molar-refractivity contribution in [3.63, 3.8) is 0 Å². The molecule has 0 saturated carbocycles. The quantitative estimate of drug-likeness (QED) is 0.924. The maximum atomic E-state index is 6.01. The number of nitrogens with one attached hydrogen (secondary N) is 1. The van der Waals surface area contributed by atoms with Gasteiger partial charge in [-0.3, -0.25) is 4.98 Å². The fourth-order valence-corrected chi connectivity index (χ4v) is 3.10. The van der Waals surface area contributed by atoms with Gasteiger partial charge < -0.3 is 10.1 Å². The average molecular weight is 270 g/mol. The summed E-state index contributed by atoms with van der Waals surface area (Å²) in [6, 6.07) is 8.81. The van der Waals surface area contributed by atoms with Crippen LogP contribution in [0, 0.1) is 0 Å². The number of fused-ring (bicyclic) bond motifs is 1. The van der Waals surface area contributed by atoms with Gasteiger partial charge in [-0.15, -0.1) is 0 Å². The Morgan fingerprint density at radius 3 is 3.10 bits per heavy atom. The zero-order valence-electron chi connectivity index (χ0n) is 12.0. The average Bonchev–Trinajstić information content (AvgIpc) is 2.53. The molecular weight excluding hydrogens is 248 g/mol. The first-order valence-electron chi connectivity index (χ1n) is 7.58. The molecule has 0 aliphatic carbocycles. The van der Waals surface area contributed by atoms with Crippen LogP contribution in [0.2, 0.25) is 0 Å². The molecule has 1 saturated heterocycles. The van der Waals surface area contributed by atoms with Gasteiger partial charge in [0.05, 0.1) is 12.1 Å². The van der Waals surface area contributed by atoms with Crippen molar-refractivity contribution >= 4 is 10.8 Å². The van der Waals surface area contributed by atoms with E-state index in [9.17, 15) is 0 Å². The molecule has 1 N–H and O–H groups in total. The molecule has 3 nitrogen and oxygen atoms in total. The molecule has 1 fully saturated rings. The molecule has 2 aromatic rings. The van der Waals surface area contributed by atoms with Gasteiger partial charge in [-0.1, -0.05) is 25.1 Å². The number of pyridine rings is 1. The van der Waals surface area contributed by atoms with Crippen LogP contribution in [0.5, 0.6) is 0 Å². The summed E-state index contributed by atoms with van der Waals surface area (Å²) in [5.41, 5.74) is 1.31. The van der Waals surface area contributed by atoms with Crippen LogP contribution in [0.25, 0.3) is 10.8 Å². The van der Waals surface area contributed by atoms with Crippen molar-refractivity contribution < 1.29 is 4.74 Å². The van der Waals surface area contributed by atoms with Crippen molar-refractivity contribution in [1.29, 1.82) is 0 Å². The minimum absolute atomic E-state index is 0.258. The van der Waals surface area contributed by atoms with E-state index in [4.69, 9.17) is 4.74 Å². The van der Waals surface area contributed by atoms with Crippen molar-refractivity contribution in [1.82, 2.24) is 10.3 Å². The molecule has 3 heteroatoms. The molecule has 0 radical (unpaired) electrons. The van der Waals surface area contributed by atoms with Gasteiger partial charge >= 0.3 is 0 Å². The highest BCUT2D eigenvalue weighted by Crippen LogP contribution is 2.30. The molecule has 0 spiro atoms. The summed E-state index contributed by atoms with van der Waals surface area (Å²) in [5, 5.41) is 6.09. The Balaban J connectivity index is 2.00. The second-order valence-electron chi connectivity index (χ2n) is 5.38. The Morgan fingerprint density at radius 2 is 2.30 bits per heavy atom. The summed E-state index contributed by atoms with van der Waals surface area (Å²) in [4.78, 5) is 4.29. The lowest BCUT2D eigenvalue weighted by atomic mass is 9.92. The van der Waals surface area contributed by atoms with Gasteiger partial charge in [-0.2, -0.15) is 0 Å². The maximum Gasteiger partial charge on any atom is 0.0769 e. The van der Waals surface area contributed by atoms with Crippen molar-refractivity contribution in [2.24, 2.45) is 0 Å². The number of hydrogen-bond donors (Lipinski definition) is 1. The maximum absolute atomic E-state index is 6.01. The predicted octanol–water partition coefficient (Wildman–Crippen LogP) is 3.45. The van der Waals surface area contributed by atoms with E-state index in [1.165, 1.54) is 29.2 Å². The van der Waals surface area contributed by atoms with E-state index in [1.54, 1.807) is 0 Å². The van der Waals surface area contributed by atoms with Crippen LogP contribution in [0.3, 0.4) is 0 Å². The molecule has 1 aromatic carbocycles. The first-order chi connectivity index (χ1) is 9.90. The van der Waals surface area contributed by atoms with Crippen LogP contribution < -0.4 is 5.32 Å². The van der Waals surface area contributed by atoms with Gasteiger partial charge in [0, 0.05) is 24.4 Å². The summed E-state index contributed by atoms with van der Waals surface area (Å²) in [7, 11) is 0. The number of hydrogen-bond acceptors (Lipinski definition) is 3. The van der Waals surface area contributed by atoms with Gasteiger partial charge in [-0.25, -0.2) is 0 Å². The summed E-state index contributed by atoms with van der Waals surface area (Å²) < 4.78 is 6.01. The topological polar surface area (TPSA) is 34.2 Å². The largest absolute Gasteiger partial charge is 0.376 e. The van der Waals surface area contributed by atoms with Gasteiger partial charge in [0.1, 0.15) is 0 Å². The Morgan fingerprint density at radius 1 is 1.35 bits per heavy atom. The van der Waals surface area contributed by atoms with E-state index in [1.807, 2.05) is 12.4 Å². The van der Waals surface area contributed by atoms with E-state index in [2.05, 4.69) is 41.5 Å². The van der Waals surface area contributed by atoms with E-state index >= 15 is 0 Å². The van der Waals surface area contributed by atoms with Crippen LogP contribution in [0.15, 0.2) is 36.7 Å². The number of benzene rings is 1. The molecule has 20 heavy (non-hydrogen) atoms. The summed E-state index contributed by atoms with van der Waals surface area (Å²) in [6.45, 7) is 3.98. The van der Waals surface area contributed by atoms with Crippen LogP contribution in [0.1, 0.15) is 37.8 Å². The van der Waals surface area contributed by atoms with Crippen molar-refractivity contribution in [2.45, 2.75) is 38.3 Å². The van der Waals surface area contributed by atoms with Crippen LogP contribution >= 0.6 is 0 Å². The molecule has 106 valence electrons. The van der Waals surface area contributed by atoms with Crippen molar-refractivity contribution in [3.05, 3.63) is 42.2 Å². The highest BCUT2D eigenvalue weighted by atomic mass is 16.5. The molecule has 1 aliphatic heterocycles. The lowest BCUT2D eigenvalue weighted by Gasteiger charge is -2.32.